The molecule has 1 N–H and O–H groups in total. The summed E-state index contributed by atoms with van der Waals surface area (Å²) >= 11 is 0. The van der Waals surface area contributed by atoms with E-state index in [1.165, 1.54) is 43.6 Å². The summed E-state index contributed by atoms with van der Waals surface area (Å²) < 4.78 is 0. The third kappa shape index (κ3) is 3.22. The number of nitrogens with one attached hydrogen (secondary N) is 1. The quantitative estimate of drug-likeness (QED) is 0.856. The van der Waals surface area contributed by atoms with Gasteiger partial charge in [0.25, 0.3) is 0 Å². The van der Waals surface area contributed by atoms with Gasteiger partial charge in [0.2, 0.25) is 0 Å². The SMILES string of the molecule is CCNC(C)c1cccc(N2CCCCC2)c1. The Kier molecular flexibility index (Phi) is 4.43. The maximum Gasteiger partial charge on any atom is 0.0369 e. The van der Waals surface area contributed by atoms with Crippen LogP contribution in [-0.4, -0.2) is 19.6 Å². The Morgan fingerprint density at radius 1 is 1.24 bits per heavy atom. The molecule has 94 valence electrons. The molecule has 1 aliphatic heterocycles. The maximum atomic E-state index is 3.47. The highest BCUT2D eigenvalue weighted by atomic mass is 15.1. The van der Waals surface area contributed by atoms with Crippen molar-refractivity contribution in [1.82, 2.24) is 5.32 Å². The first-order valence-electron chi connectivity index (χ1n) is 6.89. The minimum absolute atomic E-state index is 0.449. The molecule has 1 unspecified atom stereocenters. The zero-order chi connectivity index (χ0) is 12.1. The molecule has 2 nitrogen and oxygen atoms in total. The third-order valence-corrected chi connectivity index (χ3v) is 3.60. The second kappa shape index (κ2) is 6.06. The fourth-order valence-electron chi connectivity index (χ4n) is 2.57. The fourth-order valence-corrected chi connectivity index (χ4v) is 2.57. The van der Waals surface area contributed by atoms with Gasteiger partial charge in [-0.15, -0.1) is 0 Å². The molecule has 1 aliphatic rings. The van der Waals surface area contributed by atoms with E-state index in [0.717, 1.165) is 6.54 Å². The molecule has 0 spiro atoms. The minimum Gasteiger partial charge on any atom is -0.372 e. The molecule has 0 radical (unpaired) electrons. The predicted molar refractivity (Wildman–Crippen MR) is 74.6 cm³/mol. The van der Waals surface area contributed by atoms with Crippen molar-refractivity contribution in [3.8, 4) is 0 Å². The van der Waals surface area contributed by atoms with Crippen LogP contribution in [0.1, 0.15) is 44.7 Å². The van der Waals surface area contributed by atoms with Gasteiger partial charge in [-0.3, -0.25) is 0 Å². The minimum atomic E-state index is 0.449. The molecular weight excluding hydrogens is 208 g/mol. The van der Waals surface area contributed by atoms with Crippen LogP contribution in [0.4, 0.5) is 5.69 Å². The standard InChI is InChI=1S/C15H24N2/c1-3-16-13(2)14-8-7-9-15(12-14)17-10-5-4-6-11-17/h7-9,12-13,16H,3-6,10-11H2,1-2H3. The Morgan fingerprint density at radius 2 is 2.00 bits per heavy atom. The van der Waals surface area contributed by atoms with E-state index in [4.69, 9.17) is 0 Å². The molecule has 17 heavy (non-hydrogen) atoms. The zero-order valence-corrected chi connectivity index (χ0v) is 11.1. The summed E-state index contributed by atoms with van der Waals surface area (Å²) in [5.41, 5.74) is 2.79. The van der Waals surface area contributed by atoms with E-state index in [1.807, 2.05) is 0 Å². The Labute approximate surface area is 105 Å². The van der Waals surface area contributed by atoms with E-state index >= 15 is 0 Å². The van der Waals surface area contributed by atoms with Crippen molar-refractivity contribution in [3.63, 3.8) is 0 Å². The van der Waals surface area contributed by atoms with Crippen molar-refractivity contribution in [2.24, 2.45) is 0 Å². The summed E-state index contributed by atoms with van der Waals surface area (Å²) in [6, 6.07) is 9.45. The van der Waals surface area contributed by atoms with E-state index < -0.39 is 0 Å². The lowest BCUT2D eigenvalue weighted by atomic mass is 10.1. The Hall–Kier alpha value is -1.02. The van der Waals surface area contributed by atoms with Crippen LogP contribution in [-0.2, 0) is 0 Å². The van der Waals surface area contributed by atoms with Crippen molar-refractivity contribution in [2.45, 2.75) is 39.2 Å². The van der Waals surface area contributed by atoms with E-state index in [0.29, 0.717) is 6.04 Å². The predicted octanol–water partition coefficient (Wildman–Crippen LogP) is 3.35. The molecule has 1 fully saturated rings. The molecule has 0 amide bonds. The van der Waals surface area contributed by atoms with Gasteiger partial charge in [-0.05, 0) is 50.4 Å². The third-order valence-electron chi connectivity index (χ3n) is 3.60. The monoisotopic (exact) mass is 232 g/mol. The maximum absolute atomic E-state index is 3.47. The summed E-state index contributed by atoms with van der Waals surface area (Å²) in [6.45, 7) is 7.86. The number of piperidine rings is 1. The van der Waals surface area contributed by atoms with Crippen LogP contribution in [0, 0.1) is 0 Å². The molecule has 1 aromatic rings. The lowest BCUT2D eigenvalue weighted by molar-refractivity contribution is 0.575. The molecule has 2 heteroatoms. The van der Waals surface area contributed by atoms with Gasteiger partial charge < -0.3 is 10.2 Å². The molecule has 0 aliphatic carbocycles. The van der Waals surface area contributed by atoms with Crippen LogP contribution >= 0.6 is 0 Å². The van der Waals surface area contributed by atoms with Gasteiger partial charge >= 0.3 is 0 Å². The molecule has 0 saturated carbocycles. The highest BCUT2D eigenvalue weighted by molar-refractivity contribution is 5.49. The van der Waals surface area contributed by atoms with Gasteiger partial charge in [-0.25, -0.2) is 0 Å². The van der Waals surface area contributed by atoms with E-state index in [9.17, 15) is 0 Å². The average molecular weight is 232 g/mol. The first-order valence-corrected chi connectivity index (χ1v) is 6.89. The fraction of sp³-hybridized carbons (Fsp3) is 0.600. The Morgan fingerprint density at radius 3 is 2.71 bits per heavy atom. The first-order chi connectivity index (χ1) is 8.31. The summed E-state index contributed by atoms with van der Waals surface area (Å²) in [7, 11) is 0. The van der Waals surface area contributed by atoms with Crippen molar-refractivity contribution in [3.05, 3.63) is 29.8 Å². The van der Waals surface area contributed by atoms with Crippen molar-refractivity contribution in [2.75, 3.05) is 24.5 Å². The molecule has 1 heterocycles. The molecule has 1 aromatic carbocycles. The van der Waals surface area contributed by atoms with Crippen molar-refractivity contribution in [1.29, 1.82) is 0 Å². The van der Waals surface area contributed by atoms with Crippen molar-refractivity contribution < 1.29 is 0 Å². The Balaban J connectivity index is 2.09. The number of hydrogen-bond donors (Lipinski definition) is 1. The highest BCUT2D eigenvalue weighted by Crippen LogP contribution is 2.23. The zero-order valence-electron chi connectivity index (χ0n) is 11.1. The van der Waals surface area contributed by atoms with E-state index in [-0.39, 0.29) is 0 Å². The number of nitrogens with zero attached hydrogens (tertiary/aromatic N) is 1. The summed E-state index contributed by atoms with van der Waals surface area (Å²) in [5.74, 6) is 0. The summed E-state index contributed by atoms with van der Waals surface area (Å²) in [4.78, 5) is 2.52. The smallest absolute Gasteiger partial charge is 0.0369 e. The van der Waals surface area contributed by atoms with Crippen LogP contribution in [0.25, 0.3) is 0 Å². The van der Waals surface area contributed by atoms with Crippen LogP contribution in [0.5, 0.6) is 0 Å². The first kappa shape index (κ1) is 12.4. The molecule has 2 rings (SSSR count). The number of benzene rings is 1. The molecule has 1 atom stereocenters. The van der Waals surface area contributed by atoms with Crippen LogP contribution < -0.4 is 10.2 Å². The summed E-state index contributed by atoms with van der Waals surface area (Å²) in [5, 5.41) is 3.47. The van der Waals surface area contributed by atoms with Gasteiger partial charge in [-0.2, -0.15) is 0 Å². The largest absolute Gasteiger partial charge is 0.372 e. The number of anilines is 1. The van der Waals surface area contributed by atoms with Gasteiger partial charge in [0.1, 0.15) is 0 Å². The second-order valence-electron chi connectivity index (χ2n) is 4.92. The van der Waals surface area contributed by atoms with Gasteiger partial charge in [0.15, 0.2) is 0 Å². The van der Waals surface area contributed by atoms with Gasteiger partial charge in [0.05, 0.1) is 0 Å². The average Bonchev–Trinajstić information content (AvgIpc) is 2.40. The van der Waals surface area contributed by atoms with Gasteiger partial charge in [0, 0.05) is 24.8 Å². The van der Waals surface area contributed by atoms with Gasteiger partial charge in [-0.1, -0.05) is 19.1 Å². The van der Waals surface area contributed by atoms with E-state index in [1.54, 1.807) is 0 Å². The lowest BCUT2D eigenvalue weighted by Crippen LogP contribution is -2.29. The Bertz CT molecular complexity index is 343. The van der Waals surface area contributed by atoms with Crippen molar-refractivity contribution >= 4 is 5.69 Å². The molecule has 0 aromatic heterocycles. The van der Waals surface area contributed by atoms with E-state index in [2.05, 4.69) is 48.3 Å². The molecule has 0 bridgehead atoms. The van der Waals surface area contributed by atoms with Crippen LogP contribution in [0.15, 0.2) is 24.3 Å². The normalized spacial score (nSPS) is 18.1. The molecule has 1 saturated heterocycles. The lowest BCUT2D eigenvalue weighted by Gasteiger charge is -2.29. The number of rotatable bonds is 4. The molecular formula is C15H24N2. The highest BCUT2D eigenvalue weighted by Gasteiger charge is 2.12. The number of hydrogen-bond acceptors (Lipinski definition) is 2. The topological polar surface area (TPSA) is 15.3 Å². The summed E-state index contributed by atoms with van der Waals surface area (Å²) in [6.07, 6.45) is 4.07. The van der Waals surface area contributed by atoms with Crippen LogP contribution in [0.3, 0.4) is 0 Å². The second-order valence-corrected chi connectivity index (χ2v) is 4.92. The van der Waals surface area contributed by atoms with Crippen LogP contribution in [0.2, 0.25) is 0 Å².